The highest BCUT2D eigenvalue weighted by molar-refractivity contribution is 5.92. The molecule has 0 saturated heterocycles. The quantitative estimate of drug-likeness (QED) is 0.589. The van der Waals surface area contributed by atoms with Gasteiger partial charge >= 0.3 is 0 Å². The van der Waals surface area contributed by atoms with Gasteiger partial charge in [-0.05, 0) is 48.0 Å². The number of nitrogens with one attached hydrogen (secondary N) is 1. The summed E-state index contributed by atoms with van der Waals surface area (Å²) in [6.07, 6.45) is 3.47. The van der Waals surface area contributed by atoms with Crippen molar-refractivity contribution in [2.24, 2.45) is 5.10 Å². The molecule has 0 radical (unpaired) electrons. The third-order valence-corrected chi connectivity index (χ3v) is 3.74. The molecule has 6 nitrogen and oxygen atoms in total. The Morgan fingerprint density at radius 1 is 1.12 bits per heavy atom. The number of hydrogen-bond donors (Lipinski definition) is 1. The lowest BCUT2D eigenvalue weighted by Crippen LogP contribution is -1.94. The fourth-order valence-corrected chi connectivity index (χ4v) is 2.52. The maximum atomic E-state index is 5.36. The number of rotatable bonds is 4. The van der Waals surface area contributed by atoms with Crippen LogP contribution in [0.3, 0.4) is 0 Å². The Kier molecular flexibility index (Phi) is 3.63. The lowest BCUT2D eigenvalue weighted by atomic mass is 10.2. The average molecular weight is 321 g/mol. The van der Waals surface area contributed by atoms with Crippen molar-refractivity contribution in [3.8, 4) is 17.2 Å². The monoisotopic (exact) mass is 321 g/mol. The smallest absolute Gasteiger partial charge is 0.231 e. The van der Waals surface area contributed by atoms with Crippen LogP contribution in [0.5, 0.6) is 17.2 Å². The van der Waals surface area contributed by atoms with Crippen molar-refractivity contribution in [1.29, 1.82) is 0 Å². The first-order valence-electron chi connectivity index (χ1n) is 7.45. The second kappa shape index (κ2) is 6.08. The number of ether oxygens (including phenoxy) is 3. The maximum absolute atomic E-state index is 5.36. The molecule has 2 heterocycles. The Labute approximate surface area is 138 Å². The van der Waals surface area contributed by atoms with Crippen LogP contribution in [-0.2, 0) is 0 Å². The average Bonchev–Trinajstić information content (AvgIpc) is 3.09. The Balaban J connectivity index is 1.58. The van der Waals surface area contributed by atoms with Crippen LogP contribution in [0.25, 0.3) is 10.9 Å². The molecule has 0 atom stereocenters. The zero-order chi connectivity index (χ0) is 16.4. The highest BCUT2D eigenvalue weighted by Crippen LogP contribution is 2.32. The van der Waals surface area contributed by atoms with Gasteiger partial charge in [0, 0.05) is 11.6 Å². The van der Waals surface area contributed by atoms with Crippen LogP contribution in [0.15, 0.2) is 53.8 Å². The van der Waals surface area contributed by atoms with E-state index in [9.17, 15) is 0 Å². The van der Waals surface area contributed by atoms with Crippen LogP contribution in [0.4, 0.5) is 5.69 Å². The molecular weight excluding hydrogens is 306 g/mol. The standard InChI is InChI=1S/C18H15N3O3/c1-22-13-3-4-15-14(9-13)16(6-7-19-15)21-20-10-12-2-5-17-18(8-12)24-11-23-17/h2-10H,11H2,1H3,(H,19,21)/b20-10+. The molecule has 1 N–H and O–H groups in total. The van der Waals surface area contributed by atoms with Crippen LogP contribution in [0.1, 0.15) is 5.56 Å². The molecule has 1 aromatic heterocycles. The van der Waals surface area contributed by atoms with Gasteiger partial charge in [0.2, 0.25) is 6.79 Å². The minimum absolute atomic E-state index is 0.263. The van der Waals surface area contributed by atoms with Crippen molar-refractivity contribution in [3.05, 3.63) is 54.2 Å². The molecule has 0 unspecified atom stereocenters. The van der Waals surface area contributed by atoms with E-state index in [0.717, 1.165) is 39.4 Å². The summed E-state index contributed by atoms with van der Waals surface area (Å²) in [5, 5.41) is 5.25. The predicted molar refractivity (Wildman–Crippen MR) is 92.1 cm³/mol. The number of methoxy groups -OCH3 is 1. The first-order valence-corrected chi connectivity index (χ1v) is 7.45. The highest BCUT2D eigenvalue weighted by Gasteiger charge is 2.12. The summed E-state index contributed by atoms with van der Waals surface area (Å²) in [7, 11) is 1.64. The van der Waals surface area contributed by atoms with Crippen molar-refractivity contribution >= 4 is 22.8 Å². The zero-order valence-electron chi connectivity index (χ0n) is 13.0. The Morgan fingerprint density at radius 3 is 2.96 bits per heavy atom. The van der Waals surface area contributed by atoms with Gasteiger partial charge in [-0.3, -0.25) is 10.4 Å². The molecule has 0 fully saturated rings. The van der Waals surface area contributed by atoms with Gasteiger partial charge in [0.25, 0.3) is 0 Å². The van der Waals surface area contributed by atoms with E-state index in [-0.39, 0.29) is 6.79 Å². The van der Waals surface area contributed by atoms with E-state index in [1.807, 2.05) is 42.5 Å². The number of nitrogens with zero attached hydrogens (tertiary/aromatic N) is 2. The number of benzene rings is 2. The summed E-state index contributed by atoms with van der Waals surface area (Å²) in [5.74, 6) is 2.27. The lowest BCUT2D eigenvalue weighted by Gasteiger charge is -2.07. The van der Waals surface area contributed by atoms with Crippen molar-refractivity contribution in [2.75, 3.05) is 19.3 Å². The SMILES string of the molecule is COc1ccc2nccc(N/N=C/c3ccc4c(c3)OCO4)c2c1. The fourth-order valence-electron chi connectivity index (χ4n) is 2.52. The van der Waals surface area contributed by atoms with Crippen molar-refractivity contribution < 1.29 is 14.2 Å². The van der Waals surface area contributed by atoms with Gasteiger partial charge in [-0.15, -0.1) is 0 Å². The third-order valence-electron chi connectivity index (χ3n) is 3.74. The number of hydrogen-bond acceptors (Lipinski definition) is 6. The van der Waals surface area contributed by atoms with Gasteiger partial charge in [-0.25, -0.2) is 0 Å². The predicted octanol–water partition coefficient (Wildman–Crippen LogP) is 3.42. The van der Waals surface area contributed by atoms with E-state index in [0.29, 0.717) is 0 Å². The topological polar surface area (TPSA) is 65.0 Å². The number of fused-ring (bicyclic) bond motifs is 2. The summed E-state index contributed by atoms with van der Waals surface area (Å²) in [6, 6.07) is 13.3. The summed E-state index contributed by atoms with van der Waals surface area (Å²) in [5.41, 5.74) is 5.71. The molecule has 6 heteroatoms. The zero-order valence-corrected chi connectivity index (χ0v) is 13.0. The minimum atomic E-state index is 0.263. The Hall–Kier alpha value is -3.28. The molecule has 1 aliphatic heterocycles. The summed E-state index contributed by atoms with van der Waals surface area (Å²) in [6.45, 7) is 0.263. The van der Waals surface area contributed by atoms with Gasteiger partial charge in [0.05, 0.1) is 24.5 Å². The molecule has 1 aliphatic rings. The molecule has 2 aromatic carbocycles. The number of pyridine rings is 1. The van der Waals surface area contributed by atoms with Gasteiger partial charge in [-0.2, -0.15) is 5.10 Å². The lowest BCUT2D eigenvalue weighted by molar-refractivity contribution is 0.174. The van der Waals surface area contributed by atoms with Crippen LogP contribution < -0.4 is 19.6 Å². The van der Waals surface area contributed by atoms with Crippen molar-refractivity contribution in [1.82, 2.24) is 4.98 Å². The molecule has 3 aromatic rings. The van der Waals surface area contributed by atoms with E-state index < -0.39 is 0 Å². The van der Waals surface area contributed by atoms with Crippen LogP contribution in [-0.4, -0.2) is 25.1 Å². The maximum Gasteiger partial charge on any atom is 0.231 e. The second-order valence-electron chi connectivity index (χ2n) is 5.22. The number of anilines is 1. The van der Waals surface area contributed by atoms with Crippen LogP contribution >= 0.6 is 0 Å². The van der Waals surface area contributed by atoms with Crippen LogP contribution in [0.2, 0.25) is 0 Å². The number of aromatic nitrogens is 1. The number of hydrazone groups is 1. The molecule has 0 spiro atoms. The van der Waals surface area contributed by atoms with Crippen molar-refractivity contribution in [2.45, 2.75) is 0 Å². The summed E-state index contributed by atoms with van der Waals surface area (Å²) in [4.78, 5) is 4.34. The highest BCUT2D eigenvalue weighted by atomic mass is 16.7. The molecular formula is C18H15N3O3. The molecule has 0 saturated carbocycles. The second-order valence-corrected chi connectivity index (χ2v) is 5.22. The molecule has 24 heavy (non-hydrogen) atoms. The van der Waals surface area contributed by atoms with Crippen LogP contribution in [0, 0.1) is 0 Å². The van der Waals surface area contributed by atoms with E-state index in [4.69, 9.17) is 14.2 Å². The first-order chi connectivity index (χ1) is 11.8. The third kappa shape index (κ3) is 2.69. The van der Waals surface area contributed by atoms with Crippen molar-refractivity contribution in [3.63, 3.8) is 0 Å². The summed E-state index contributed by atoms with van der Waals surface area (Å²) >= 11 is 0. The molecule has 120 valence electrons. The largest absolute Gasteiger partial charge is 0.497 e. The molecule has 0 aliphatic carbocycles. The molecule has 0 bridgehead atoms. The van der Waals surface area contributed by atoms with Gasteiger partial charge < -0.3 is 14.2 Å². The van der Waals surface area contributed by atoms with E-state index >= 15 is 0 Å². The normalized spacial score (nSPS) is 12.7. The summed E-state index contributed by atoms with van der Waals surface area (Å²) < 4.78 is 15.9. The van der Waals surface area contributed by atoms with E-state index in [2.05, 4.69) is 15.5 Å². The van der Waals surface area contributed by atoms with Gasteiger partial charge in [-0.1, -0.05) is 0 Å². The van der Waals surface area contributed by atoms with E-state index in [1.54, 1.807) is 19.5 Å². The Morgan fingerprint density at radius 2 is 2.04 bits per heavy atom. The van der Waals surface area contributed by atoms with Gasteiger partial charge in [0.15, 0.2) is 11.5 Å². The minimum Gasteiger partial charge on any atom is -0.497 e. The molecule has 0 amide bonds. The van der Waals surface area contributed by atoms with E-state index in [1.165, 1.54) is 0 Å². The first kappa shape index (κ1) is 14.3. The molecule has 4 rings (SSSR count). The fraction of sp³-hybridized carbons (Fsp3) is 0.111. The van der Waals surface area contributed by atoms with Gasteiger partial charge in [0.1, 0.15) is 5.75 Å². The Bertz CT molecular complexity index is 925.